The van der Waals surface area contributed by atoms with Crippen LogP contribution in [0.25, 0.3) is 10.9 Å². The molecule has 7 nitrogen and oxygen atoms in total. The number of amides is 1. The van der Waals surface area contributed by atoms with Crippen LogP contribution in [0.4, 0.5) is 0 Å². The fourth-order valence-electron chi connectivity index (χ4n) is 4.54. The van der Waals surface area contributed by atoms with Gasteiger partial charge in [-0.1, -0.05) is 23.7 Å². The fraction of sp³-hybridized carbons (Fsp3) is 0.250. The van der Waals surface area contributed by atoms with E-state index in [-0.39, 0.29) is 17.9 Å². The van der Waals surface area contributed by atoms with E-state index in [0.717, 1.165) is 57.1 Å². The molecule has 6 rings (SSSR count). The summed E-state index contributed by atoms with van der Waals surface area (Å²) in [6, 6.07) is 20.3. The normalized spacial score (nSPS) is 16.9. The Morgan fingerprint density at radius 3 is 2.42 bits per heavy atom. The highest BCUT2D eigenvalue weighted by atomic mass is 35.5. The van der Waals surface area contributed by atoms with Gasteiger partial charge in [-0.05, 0) is 72.1 Å². The summed E-state index contributed by atoms with van der Waals surface area (Å²) in [7, 11) is 1.63. The smallest absolute Gasteiger partial charge is 0.210 e. The lowest BCUT2D eigenvalue weighted by Crippen LogP contribution is -2.38. The summed E-state index contributed by atoms with van der Waals surface area (Å²) in [4.78, 5) is 17.0. The molecule has 2 aliphatic heterocycles. The molecule has 0 radical (unpaired) electrons. The Hall–Kier alpha value is -3.68. The molecule has 8 heteroatoms. The molecule has 1 amide bonds. The van der Waals surface area contributed by atoms with Crippen molar-refractivity contribution in [1.82, 2.24) is 9.88 Å². The zero-order chi connectivity index (χ0) is 25.1. The largest absolute Gasteiger partial charge is 0.508 e. The van der Waals surface area contributed by atoms with E-state index in [1.165, 1.54) is 0 Å². The SMILES string of the molecule is COc1ccc(Cl)cc1.O=CN1CCc2c([nH]c3ccc(O)cc23)C1c1ccc(OC2COC2)cc1. The van der Waals surface area contributed by atoms with Crippen LogP contribution >= 0.6 is 11.6 Å². The Kier molecular flexibility index (Phi) is 7.02. The molecule has 1 saturated heterocycles. The van der Waals surface area contributed by atoms with Gasteiger partial charge in [0.15, 0.2) is 0 Å². The van der Waals surface area contributed by atoms with E-state index in [2.05, 4.69) is 4.98 Å². The van der Waals surface area contributed by atoms with Crippen LogP contribution in [0, 0.1) is 0 Å². The Morgan fingerprint density at radius 2 is 1.78 bits per heavy atom. The number of aromatic nitrogens is 1. The van der Waals surface area contributed by atoms with E-state index in [9.17, 15) is 9.90 Å². The van der Waals surface area contributed by atoms with Gasteiger partial charge in [-0.15, -0.1) is 0 Å². The average Bonchev–Trinajstić information content (AvgIpc) is 3.24. The van der Waals surface area contributed by atoms with Gasteiger partial charge in [0.2, 0.25) is 6.41 Å². The molecule has 4 aromatic rings. The lowest BCUT2D eigenvalue weighted by atomic mass is 9.93. The van der Waals surface area contributed by atoms with E-state index in [4.69, 9.17) is 25.8 Å². The number of halogens is 1. The van der Waals surface area contributed by atoms with E-state index < -0.39 is 0 Å². The standard InChI is InChI=1S/C21H20N2O4.C7H7ClO/c24-12-23-8-7-17-18-9-14(25)3-6-19(18)22-20(17)21(23)13-1-4-15(5-2-13)27-16-10-26-11-16;1-9-7-4-2-6(8)3-5-7/h1-6,9,12,16,21-22,25H,7-8,10-11H2;2-5H,1H3. The Morgan fingerprint density at radius 1 is 1.06 bits per heavy atom. The number of benzene rings is 3. The maximum atomic E-state index is 11.7. The van der Waals surface area contributed by atoms with Crippen LogP contribution in [-0.4, -0.2) is 54.4 Å². The van der Waals surface area contributed by atoms with Crippen LogP contribution in [0.15, 0.2) is 66.7 Å². The first-order valence-corrected chi connectivity index (χ1v) is 12.1. The molecule has 3 heterocycles. The number of fused-ring (bicyclic) bond motifs is 3. The number of ether oxygens (including phenoxy) is 3. The molecule has 186 valence electrons. The predicted molar refractivity (Wildman–Crippen MR) is 138 cm³/mol. The third-order valence-corrected chi connectivity index (χ3v) is 6.69. The number of nitrogens with one attached hydrogen (secondary N) is 1. The topological polar surface area (TPSA) is 84.0 Å². The number of carbonyl (C=O) groups is 1. The first-order valence-electron chi connectivity index (χ1n) is 11.7. The highest BCUT2D eigenvalue weighted by Crippen LogP contribution is 2.39. The molecule has 36 heavy (non-hydrogen) atoms. The molecule has 2 aliphatic rings. The van der Waals surface area contributed by atoms with Gasteiger partial charge in [-0.25, -0.2) is 0 Å². The van der Waals surface area contributed by atoms with Crippen LogP contribution in [0.2, 0.25) is 5.02 Å². The summed E-state index contributed by atoms with van der Waals surface area (Å²) in [6.07, 6.45) is 1.80. The van der Waals surface area contributed by atoms with Crippen molar-refractivity contribution in [2.24, 2.45) is 0 Å². The molecule has 1 unspecified atom stereocenters. The summed E-state index contributed by atoms with van der Waals surface area (Å²) >= 11 is 5.61. The minimum absolute atomic E-state index is 0.130. The Balaban J connectivity index is 0.000000252. The molecule has 0 spiro atoms. The van der Waals surface area contributed by atoms with Crippen molar-refractivity contribution < 1.29 is 24.1 Å². The van der Waals surface area contributed by atoms with Gasteiger partial charge in [-0.2, -0.15) is 0 Å². The van der Waals surface area contributed by atoms with Crippen molar-refractivity contribution in [2.75, 3.05) is 26.9 Å². The minimum atomic E-state index is -0.179. The molecule has 0 saturated carbocycles. The minimum Gasteiger partial charge on any atom is -0.508 e. The van der Waals surface area contributed by atoms with Crippen LogP contribution in [0.1, 0.15) is 22.9 Å². The highest BCUT2D eigenvalue weighted by molar-refractivity contribution is 6.30. The summed E-state index contributed by atoms with van der Waals surface area (Å²) in [6.45, 7) is 1.91. The summed E-state index contributed by atoms with van der Waals surface area (Å²) in [5.74, 6) is 1.89. The van der Waals surface area contributed by atoms with Gasteiger partial charge < -0.3 is 29.2 Å². The first kappa shape index (κ1) is 24.0. The van der Waals surface area contributed by atoms with Crippen molar-refractivity contribution in [1.29, 1.82) is 0 Å². The number of phenols is 1. The fourth-order valence-corrected chi connectivity index (χ4v) is 4.67. The monoisotopic (exact) mass is 506 g/mol. The maximum absolute atomic E-state index is 11.7. The second kappa shape index (κ2) is 10.5. The van der Waals surface area contributed by atoms with Gasteiger partial charge >= 0.3 is 0 Å². The molecule has 1 fully saturated rings. The highest BCUT2D eigenvalue weighted by Gasteiger charge is 2.31. The lowest BCUT2D eigenvalue weighted by Gasteiger charge is -2.33. The number of nitrogens with zero attached hydrogens (tertiary/aromatic N) is 1. The molecule has 3 aromatic carbocycles. The first-order chi connectivity index (χ1) is 17.6. The van der Waals surface area contributed by atoms with Crippen LogP contribution < -0.4 is 9.47 Å². The number of methoxy groups -OCH3 is 1. The Labute approximate surface area is 214 Å². The van der Waals surface area contributed by atoms with Gasteiger partial charge in [0, 0.05) is 28.2 Å². The molecular formula is C28H27ClN2O5. The average molecular weight is 507 g/mol. The third kappa shape index (κ3) is 4.98. The van der Waals surface area contributed by atoms with E-state index in [1.54, 1.807) is 31.4 Å². The zero-order valence-corrected chi connectivity index (χ0v) is 20.6. The zero-order valence-electron chi connectivity index (χ0n) is 19.8. The van der Waals surface area contributed by atoms with Crippen LogP contribution in [0.3, 0.4) is 0 Å². The number of carbonyl (C=O) groups excluding carboxylic acids is 1. The summed E-state index contributed by atoms with van der Waals surface area (Å²) < 4.78 is 15.9. The number of aromatic hydroxyl groups is 1. The second-order valence-corrected chi connectivity index (χ2v) is 9.18. The van der Waals surface area contributed by atoms with Crippen LogP contribution in [0.5, 0.6) is 17.2 Å². The number of rotatable bonds is 5. The summed E-state index contributed by atoms with van der Waals surface area (Å²) in [5.41, 5.74) is 4.17. The van der Waals surface area contributed by atoms with Gasteiger partial charge in [0.1, 0.15) is 23.4 Å². The van der Waals surface area contributed by atoms with E-state index in [0.29, 0.717) is 19.8 Å². The lowest BCUT2D eigenvalue weighted by molar-refractivity contribution is -0.120. The van der Waals surface area contributed by atoms with Crippen LogP contribution in [-0.2, 0) is 16.0 Å². The maximum Gasteiger partial charge on any atom is 0.210 e. The molecular weight excluding hydrogens is 480 g/mol. The van der Waals surface area contributed by atoms with Crippen molar-refractivity contribution in [3.8, 4) is 17.2 Å². The third-order valence-electron chi connectivity index (χ3n) is 6.44. The van der Waals surface area contributed by atoms with Crippen molar-refractivity contribution in [3.05, 3.63) is 88.6 Å². The summed E-state index contributed by atoms with van der Waals surface area (Å²) in [5, 5.41) is 11.6. The molecule has 0 aliphatic carbocycles. The number of phenolic OH excluding ortho intramolecular Hbond substituents is 1. The molecule has 1 aromatic heterocycles. The number of hydrogen-bond acceptors (Lipinski definition) is 5. The van der Waals surface area contributed by atoms with E-state index >= 15 is 0 Å². The van der Waals surface area contributed by atoms with Gasteiger partial charge in [0.05, 0.1) is 26.4 Å². The molecule has 0 bridgehead atoms. The van der Waals surface area contributed by atoms with Gasteiger partial charge in [0.25, 0.3) is 0 Å². The number of aromatic amines is 1. The molecule has 1 atom stereocenters. The van der Waals surface area contributed by atoms with Gasteiger partial charge in [-0.3, -0.25) is 4.79 Å². The number of H-pyrrole nitrogens is 1. The Bertz CT molecular complexity index is 1330. The molecule has 2 N–H and O–H groups in total. The second-order valence-electron chi connectivity index (χ2n) is 8.75. The predicted octanol–water partition coefficient (Wildman–Crippen LogP) is 5.10. The quantitative estimate of drug-likeness (QED) is 0.368. The van der Waals surface area contributed by atoms with Crippen molar-refractivity contribution in [2.45, 2.75) is 18.6 Å². The van der Waals surface area contributed by atoms with E-state index in [1.807, 2.05) is 47.4 Å². The van der Waals surface area contributed by atoms with Crippen molar-refractivity contribution in [3.63, 3.8) is 0 Å². The number of hydrogen-bond donors (Lipinski definition) is 2. The van der Waals surface area contributed by atoms with Crippen molar-refractivity contribution >= 4 is 28.9 Å².